The van der Waals surface area contributed by atoms with Crippen LogP contribution in [0.25, 0.3) is 0 Å². The molecule has 0 amide bonds. The Morgan fingerprint density at radius 2 is 0.692 bits per heavy atom. The van der Waals surface area contributed by atoms with Gasteiger partial charge in [-0.2, -0.15) is 16.8 Å². The molecule has 0 rings (SSSR count). The molecule has 0 unspecified atom stereocenters. The fourth-order valence-electron chi connectivity index (χ4n) is 0. The van der Waals surface area contributed by atoms with Gasteiger partial charge in [0.2, 0.25) is 0 Å². The summed E-state index contributed by atoms with van der Waals surface area (Å²) in [5, 5.41) is 0. The molecule has 0 fully saturated rings. The fourth-order valence-corrected chi connectivity index (χ4v) is 0. The summed E-state index contributed by atoms with van der Waals surface area (Å²) >= 11 is 0. The molecule has 13 heavy (non-hydrogen) atoms. The Morgan fingerprint density at radius 3 is 0.692 bits per heavy atom. The maximum atomic E-state index is 8.74. The molecular weight excluding hydrogens is 285 g/mol. The number of hydrogen-bond donors (Lipinski definition) is 4. The van der Waals surface area contributed by atoms with Crippen molar-refractivity contribution in [3.8, 4) is 0 Å². The van der Waals surface area contributed by atoms with Crippen LogP contribution in [-0.4, -0.2) is 69.8 Å². The normalized spacial score (nSPS) is 8.92. The van der Waals surface area contributed by atoms with Crippen molar-refractivity contribution in [2.75, 3.05) is 0 Å². The van der Waals surface area contributed by atoms with Crippen molar-refractivity contribution in [1.82, 2.24) is 0 Å². The van der Waals surface area contributed by atoms with E-state index in [-0.39, 0.29) is 87.5 Å². The molecule has 0 aromatic rings. The van der Waals surface area contributed by atoms with Crippen LogP contribution in [0, 0.1) is 0 Å². The zero-order chi connectivity index (χ0) is 9.00. The van der Waals surface area contributed by atoms with Gasteiger partial charge in [0.05, 0.1) is 0 Å². The van der Waals surface area contributed by atoms with Crippen LogP contribution in [0.3, 0.4) is 0 Å². The molecule has 0 bridgehead atoms. The molecule has 0 aliphatic rings. The Hall–Kier alpha value is 2.44. The van der Waals surface area contributed by atoms with Crippen LogP contribution in [-0.2, 0) is 20.8 Å². The molecule has 0 aromatic carbocycles. The monoisotopic (exact) mass is 296 g/mol. The maximum Gasteiger partial charge on any atom is 1.00 e. The van der Waals surface area contributed by atoms with Gasteiger partial charge in [-0.3, -0.25) is 18.2 Å². The topological polar surface area (TPSA) is 149 Å². The molecular formula is H11Al2KO8S2. The van der Waals surface area contributed by atoms with Crippen molar-refractivity contribution in [1.29, 1.82) is 0 Å². The van der Waals surface area contributed by atoms with Gasteiger partial charge >= 0.3 is 72.2 Å². The summed E-state index contributed by atoms with van der Waals surface area (Å²) in [6, 6.07) is 0. The zero-order valence-corrected chi connectivity index (χ0v) is 9.99. The summed E-state index contributed by atoms with van der Waals surface area (Å²) in [5.74, 6) is 0. The zero-order valence-electron chi connectivity index (χ0n) is 6.24. The Bertz CT molecular complexity index is 222. The molecule has 78 valence electrons. The van der Waals surface area contributed by atoms with Gasteiger partial charge in [0.15, 0.2) is 34.7 Å². The first kappa shape index (κ1) is 29.5. The summed E-state index contributed by atoms with van der Waals surface area (Å²) in [6.45, 7) is 0. The van der Waals surface area contributed by atoms with E-state index in [2.05, 4.69) is 0 Å². The average Bonchev–Trinajstić information content (AvgIpc) is 1.12. The molecule has 4 N–H and O–H groups in total. The van der Waals surface area contributed by atoms with Gasteiger partial charge in [-0.15, -0.1) is 0 Å². The van der Waals surface area contributed by atoms with Crippen LogP contribution in [0.2, 0.25) is 0 Å². The Balaban J connectivity index is -0.0000000178. The summed E-state index contributed by atoms with van der Waals surface area (Å²) in [4.78, 5) is 0. The van der Waals surface area contributed by atoms with Gasteiger partial charge in [-0.25, -0.2) is 0 Å². The molecule has 0 heterocycles. The third kappa shape index (κ3) is 375. The molecule has 0 aliphatic heterocycles. The van der Waals surface area contributed by atoms with Crippen molar-refractivity contribution in [3.05, 3.63) is 0 Å². The SMILES string of the molecule is O=S(=O)(O)O.O=S(=O)(O)O.[AlH3].[AlH3].[H-].[K+]. The van der Waals surface area contributed by atoms with Crippen molar-refractivity contribution in [3.63, 3.8) is 0 Å². The predicted octanol–water partition coefficient (Wildman–Crippen LogP) is -6.56. The van der Waals surface area contributed by atoms with Crippen LogP contribution >= 0.6 is 0 Å². The minimum Gasteiger partial charge on any atom is -1.00 e. The van der Waals surface area contributed by atoms with Gasteiger partial charge in [-0.05, 0) is 0 Å². The fraction of sp³-hybridized carbons (Fsp3) is 0. The standard InChI is InChI=1S/2Al.K.2H2O4S.7H/c;;;2*1-5(2,3)4;;;;;;;/h;;;2*(H2,1,2,3,4);;;;;;;/q;;+1;;;;;;;;;-1. The van der Waals surface area contributed by atoms with Crippen LogP contribution in [0.15, 0.2) is 0 Å². The van der Waals surface area contributed by atoms with Gasteiger partial charge < -0.3 is 1.43 Å². The van der Waals surface area contributed by atoms with E-state index in [1.165, 1.54) is 0 Å². The number of hydrogen-bond acceptors (Lipinski definition) is 4. The van der Waals surface area contributed by atoms with Gasteiger partial charge in [0.25, 0.3) is 0 Å². The minimum absolute atomic E-state index is 0. The first-order valence-electron chi connectivity index (χ1n) is 1.40. The summed E-state index contributed by atoms with van der Waals surface area (Å²) in [5.41, 5.74) is 0. The molecule has 8 nitrogen and oxygen atoms in total. The van der Waals surface area contributed by atoms with E-state index in [1.807, 2.05) is 0 Å². The Kier molecular flexibility index (Phi) is 28.4. The van der Waals surface area contributed by atoms with E-state index < -0.39 is 20.8 Å². The van der Waals surface area contributed by atoms with E-state index in [0.29, 0.717) is 0 Å². The second-order valence-corrected chi connectivity index (χ2v) is 2.69. The molecule has 0 radical (unpaired) electrons. The third-order valence-electron chi connectivity index (χ3n) is 0. The Labute approximate surface area is 141 Å². The van der Waals surface area contributed by atoms with Crippen LogP contribution < -0.4 is 51.4 Å². The van der Waals surface area contributed by atoms with Gasteiger partial charge in [-0.1, -0.05) is 0 Å². The minimum atomic E-state index is -4.67. The van der Waals surface area contributed by atoms with Gasteiger partial charge in [0, 0.05) is 0 Å². The molecule has 0 spiro atoms. The molecule has 0 saturated carbocycles. The first-order chi connectivity index (χ1) is 4.00. The summed E-state index contributed by atoms with van der Waals surface area (Å²) in [7, 11) is -9.33. The van der Waals surface area contributed by atoms with Gasteiger partial charge in [0.1, 0.15) is 0 Å². The quantitative estimate of drug-likeness (QED) is 0.254. The average molecular weight is 296 g/mol. The van der Waals surface area contributed by atoms with Crippen molar-refractivity contribution in [2.24, 2.45) is 0 Å². The third-order valence-corrected chi connectivity index (χ3v) is 0. The van der Waals surface area contributed by atoms with E-state index in [0.717, 1.165) is 0 Å². The number of rotatable bonds is 0. The van der Waals surface area contributed by atoms with Crippen LogP contribution in [0.1, 0.15) is 1.43 Å². The second kappa shape index (κ2) is 12.5. The van der Waals surface area contributed by atoms with Crippen LogP contribution in [0.5, 0.6) is 0 Å². The summed E-state index contributed by atoms with van der Waals surface area (Å²) < 4.78 is 63.2. The van der Waals surface area contributed by atoms with E-state index >= 15 is 0 Å². The van der Waals surface area contributed by atoms with Crippen molar-refractivity contribution < 1.29 is 87.9 Å². The Morgan fingerprint density at radius 1 is 0.692 bits per heavy atom. The van der Waals surface area contributed by atoms with E-state index in [1.54, 1.807) is 0 Å². The largest absolute Gasteiger partial charge is 1.00 e. The second-order valence-electron chi connectivity index (χ2n) is 0.896. The maximum absolute atomic E-state index is 8.74. The smallest absolute Gasteiger partial charge is 1.00 e. The predicted molar refractivity (Wildman–Crippen MR) is 49.3 cm³/mol. The molecule has 13 heteroatoms. The van der Waals surface area contributed by atoms with Crippen molar-refractivity contribution in [2.45, 2.75) is 0 Å². The summed E-state index contributed by atoms with van der Waals surface area (Å²) in [6.07, 6.45) is 0. The van der Waals surface area contributed by atoms with Crippen molar-refractivity contribution >= 4 is 55.5 Å². The van der Waals surface area contributed by atoms with E-state index in [4.69, 9.17) is 35.0 Å². The molecule has 0 atom stereocenters. The van der Waals surface area contributed by atoms with Crippen LogP contribution in [0.4, 0.5) is 0 Å². The van der Waals surface area contributed by atoms with E-state index in [9.17, 15) is 0 Å². The molecule has 0 saturated heterocycles. The first-order valence-corrected chi connectivity index (χ1v) is 4.19. The molecule has 0 aliphatic carbocycles. The molecule has 0 aromatic heterocycles.